The summed E-state index contributed by atoms with van der Waals surface area (Å²) in [5.74, 6) is 0.433. The molecular formula is C11H18BrNOS. The van der Waals surface area contributed by atoms with Crippen LogP contribution in [0.15, 0.2) is 15.9 Å². The first-order valence-electron chi connectivity index (χ1n) is 5.28. The van der Waals surface area contributed by atoms with Crippen LogP contribution in [0.3, 0.4) is 0 Å². The van der Waals surface area contributed by atoms with E-state index >= 15 is 0 Å². The van der Waals surface area contributed by atoms with Crippen LogP contribution < -0.4 is 5.32 Å². The minimum atomic E-state index is 0.303. The summed E-state index contributed by atoms with van der Waals surface area (Å²) in [4.78, 5) is 1.36. The lowest BCUT2D eigenvalue weighted by molar-refractivity contribution is 0.228. The lowest BCUT2D eigenvalue weighted by Crippen LogP contribution is -2.15. The van der Waals surface area contributed by atoms with Crippen molar-refractivity contribution in [2.75, 3.05) is 13.2 Å². The molecule has 0 spiro atoms. The minimum Gasteiger partial charge on any atom is -0.396 e. The number of hydrogen-bond donors (Lipinski definition) is 2. The third-order valence-corrected chi connectivity index (χ3v) is 3.91. The van der Waals surface area contributed by atoms with Crippen LogP contribution >= 0.6 is 27.3 Å². The molecule has 4 heteroatoms. The van der Waals surface area contributed by atoms with Gasteiger partial charge in [-0.3, -0.25) is 0 Å². The standard InChI is InChI=1S/C11H18BrNOS/c1-9(8-14)3-2-6-13-7-10-4-5-11(12)15-10/h4-5,9,13-14H,2-3,6-8H2,1H3. The first-order chi connectivity index (χ1) is 7.22. The second kappa shape index (κ2) is 7.39. The van der Waals surface area contributed by atoms with Crippen molar-refractivity contribution in [1.29, 1.82) is 0 Å². The molecular weight excluding hydrogens is 274 g/mol. The van der Waals surface area contributed by atoms with Gasteiger partial charge in [-0.05, 0) is 53.4 Å². The Morgan fingerprint density at radius 2 is 2.33 bits per heavy atom. The number of halogens is 1. The van der Waals surface area contributed by atoms with Crippen LogP contribution in [0.4, 0.5) is 0 Å². The number of nitrogens with one attached hydrogen (secondary N) is 1. The molecule has 0 aromatic carbocycles. The lowest BCUT2D eigenvalue weighted by atomic mass is 10.1. The zero-order chi connectivity index (χ0) is 11.1. The number of aliphatic hydroxyl groups excluding tert-OH is 1. The molecule has 2 nitrogen and oxygen atoms in total. The molecule has 86 valence electrons. The van der Waals surface area contributed by atoms with E-state index < -0.39 is 0 Å². The van der Waals surface area contributed by atoms with Gasteiger partial charge in [0.2, 0.25) is 0 Å². The molecule has 1 aromatic rings. The second-order valence-corrected chi connectivity index (χ2v) is 6.36. The van der Waals surface area contributed by atoms with Gasteiger partial charge in [0.1, 0.15) is 0 Å². The van der Waals surface area contributed by atoms with Crippen LogP contribution in [0.2, 0.25) is 0 Å². The van der Waals surface area contributed by atoms with Crippen molar-refractivity contribution in [2.24, 2.45) is 5.92 Å². The van der Waals surface area contributed by atoms with Crippen molar-refractivity contribution in [3.05, 3.63) is 20.8 Å². The van der Waals surface area contributed by atoms with Gasteiger partial charge in [0.05, 0.1) is 3.79 Å². The third kappa shape index (κ3) is 5.66. The van der Waals surface area contributed by atoms with Crippen molar-refractivity contribution < 1.29 is 5.11 Å². The molecule has 1 aromatic heterocycles. The largest absolute Gasteiger partial charge is 0.396 e. The normalized spacial score (nSPS) is 13.0. The van der Waals surface area contributed by atoms with Crippen LogP contribution in [0, 0.1) is 5.92 Å². The Hall–Kier alpha value is 0.1000. The quantitative estimate of drug-likeness (QED) is 0.757. The molecule has 0 saturated heterocycles. The molecule has 1 atom stereocenters. The van der Waals surface area contributed by atoms with E-state index in [0.717, 1.165) is 25.9 Å². The van der Waals surface area contributed by atoms with Crippen LogP contribution in [0.5, 0.6) is 0 Å². The van der Waals surface area contributed by atoms with Crippen molar-refractivity contribution in [1.82, 2.24) is 5.32 Å². The van der Waals surface area contributed by atoms with Gasteiger partial charge in [-0.15, -0.1) is 11.3 Å². The number of aliphatic hydroxyl groups is 1. The number of thiophene rings is 1. The maximum atomic E-state index is 8.85. The van der Waals surface area contributed by atoms with Gasteiger partial charge in [-0.1, -0.05) is 6.92 Å². The number of hydrogen-bond acceptors (Lipinski definition) is 3. The highest BCUT2D eigenvalue weighted by atomic mass is 79.9. The van der Waals surface area contributed by atoms with E-state index in [1.807, 2.05) is 0 Å². The summed E-state index contributed by atoms with van der Waals surface area (Å²) in [6.45, 7) is 4.36. The lowest BCUT2D eigenvalue weighted by Gasteiger charge is -2.07. The summed E-state index contributed by atoms with van der Waals surface area (Å²) in [5.41, 5.74) is 0. The molecule has 0 aliphatic heterocycles. The zero-order valence-electron chi connectivity index (χ0n) is 9.00. The third-order valence-electron chi connectivity index (χ3n) is 2.29. The Bertz CT molecular complexity index is 277. The topological polar surface area (TPSA) is 32.3 Å². The van der Waals surface area contributed by atoms with E-state index in [-0.39, 0.29) is 0 Å². The molecule has 2 N–H and O–H groups in total. The van der Waals surface area contributed by atoms with Crippen LogP contribution in [0.1, 0.15) is 24.6 Å². The van der Waals surface area contributed by atoms with Crippen LogP contribution in [0.25, 0.3) is 0 Å². The van der Waals surface area contributed by atoms with Gasteiger partial charge >= 0.3 is 0 Å². The maximum Gasteiger partial charge on any atom is 0.0701 e. The van der Waals surface area contributed by atoms with Crippen molar-refractivity contribution in [2.45, 2.75) is 26.3 Å². The highest BCUT2D eigenvalue weighted by molar-refractivity contribution is 9.11. The van der Waals surface area contributed by atoms with E-state index in [1.54, 1.807) is 11.3 Å². The Kier molecular flexibility index (Phi) is 6.48. The fourth-order valence-corrected chi connectivity index (χ4v) is 2.78. The molecule has 1 rings (SSSR count). The molecule has 0 fully saturated rings. The van der Waals surface area contributed by atoms with Crippen molar-refractivity contribution in [3.63, 3.8) is 0 Å². The van der Waals surface area contributed by atoms with Gasteiger partial charge in [-0.25, -0.2) is 0 Å². The Morgan fingerprint density at radius 3 is 2.93 bits per heavy atom. The SMILES string of the molecule is CC(CO)CCCNCc1ccc(Br)s1. The first-order valence-corrected chi connectivity index (χ1v) is 6.89. The average Bonchev–Trinajstić information content (AvgIpc) is 2.63. The molecule has 0 radical (unpaired) electrons. The van der Waals surface area contributed by atoms with E-state index in [0.29, 0.717) is 12.5 Å². The molecule has 1 unspecified atom stereocenters. The molecule has 0 saturated carbocycles. The van der Waals surface area contributed by atoms with Crippen LogP contribution in [-0.4, -0.2) is 18.3 Å². The predicted molar refractivity (Wildman–Crippen MR) is 69.2 cm³/mol. The Labute approximate surface area is 104 Å². The van der Waals surface area contributed by atoms with Crippen LogP contribution in [-0.2, 0) is 6.54 Å². The smallest absolute Gasteiger partial charge is 0.0701 e. The van der Waals surface area contributed by atoms with Gasteiger partial charge in [0, 0.05) is 18.0 Å². The fourth-order valence-electron chi connectivity index (χ4n) is 1.33. The summed E-state index contributed by atoms with van der Waals surface area (Å²) in [6.07, 6.45) is 2.23. The predicted octanol–water partition coefficient (Wildman–Crippen LogP) is 3.01. The summed E-state index contributed by atoms with van der Waals surface area (Å²) in [6, 6.07) is 4.22. The molecule has 1 heterocycles. The molecule has 0 aliphatic carbocycles. The summed E-state index contributed by atoms with van der Waals surface area (Å²) in [5, 5.41) is 12.3. The summed E-state index contributed by atoms with van der Waals surface area (Å²) in [7, 11) is 0. The first kappa shape index (κ1) is 13.2. The molecule has 0 bridgehead atoms. The van der Waals surface area contributed by atoms with Crippen molar-refractivity contribution >= 4 is 27.3 Å². The van der Waals surface area contributed by atoms with E-state index in [1.165, 1.54) is 8.66 Å². The average molecular weight is 292 g/mol. The van der Waals surface area contributed by atoms with E-state index in [9.17, 15) is 0 Å². The highest BCUT2D eigenvalue weighted by Gasteiger charge is 2.00. The number of rotatable bonds is 7. The van der Waals surface area contributed by atoms with E-state index in [2.05, 4.69) is 40.3 Å². The monoisotopic (exact) mass is 291 g/mol. The Balaban J connectivity index is 2.02. The van der Waals surface area contributed by atoms with Gasteiger partial charge in [0.25, 0.3) is 0 Å². The minimum absolute atomic E-state index is 0.303. The molecule has 0 amide bonds. The molecule has 0 aliphatic rings. The zero-order valence-corrected chi connectivity index (χ0v) is 11.4. The Morgan fingerprint density at radius 1 is 1.53 bits per heavy atom. The van der Waals surface area contributed by atoms with Gasteiger partial charge in [-0.2, -0.15) is 0 Å². The van der Waals surface area contributed by atoms with E-state index in [4.69, 9.17) is 5.11 Å². The van der Waals surface area contributed by atoms with Gasteiger partial charge in [0.15, 0.2) is 0 Å². The molecule has 15 heavy (non-hydrogen) atoms. The fraction of sp³-hybridized carbons (Fsp3) is 0.636. The van der Waals surface area contributed by atoms with Crippen molar-refractivity contribution in [3.8, 4) is 0 Å². The maximum absolute atomic E-state index is 8.85. The van der Waals surface area contributed by atoms with Gasteiger partial charge < -0.3 is 10.4 Å². The highest BCUT2D eigenvalue weighted by Crippen LogP contribution is 2.21. The summed E-state index contributed by atoms with van der Waals surface area (Å²) < 4.78 is 1.19. The summed E-state index contributed by atoms with van der Waals surface area (Å²) >= 11 is 5.22. The second-order valence-electron chi connectivity index (χ2n) is 3.81.